The van der Waals surface area contributed by atoms with E-state index < -0.39 is 40.9 Å². The number of aliphatic hydroxyl groups is 1. The molecule has 0 heterocycles. The smallest absolute Gasteiger partial charge is 0.295 e. The lowest BCUT2D eigenvalue weighted by Crippen LogP contribution is -2.31. The fourth-order valence-electron chi connectivity index (χ4n) is 5.02. The van der Waals surface area contributed by atoms with E-state index in [9.17, 15) is 44.0 Å². The molecule has 0 aliphatic carbocycles. The lowest BCUT2D eigenvalue weighted by atomic mass is 9.79. The fraction of sp³-hybridized carbons (Fsp3) is 0.0625. The van der Waals surface area contributed by atoms with Crippen LogP contribution in [0.1, 0.15) is 22.3 Å². The molecule has 0 radical (unpaired) electrons. The Morgan fingerprint density at radius 3 is 1.19 bits per heavy atom. The van der Waals surface area contributed by atoms with Crippen LogP contribution < -0.4 is 16.4 Å². The first-order valence-corrected chi connectivity index (χ1v) is 18.2. The van der Waals surface area contributed by atoms with Crippen molar-refractivity contribution in [2.24, 2.45) is 0 Å². The van der Waals surface area contributed by atoms with E-state index in [2.05, 4.69) is 10.6 Å². The number of hydrogen-bond acceptors (Lipinski definition) is 10. The molecular weight excluding hydrogens is 683 g/mol. The number of nitrogens with two attached hydrogens (primary N) is 1. The first-order chi connectivity index (χ1) is 22.4. The zero-order chi connectivity index (χ0) is 35.1. The number of nitrogen functional groups attached to an aromatic ring is 1. The SMILES string of the molecule is Cc1cc(C(O)(c2ccc(Nc3ccc(S(=O)(=O)O)cc3)cc2)c2ccc(Nc3ccc(S(=O)(=O)O)cc3)cc2)c(S(=O)(=O)O)cc1N. The molecule has 0 amide bonds. The molecule has 0 aliphatic rings. The van der Waals surface area contributed by atoms with Gasteiger partial charge in [-0.3, -0.25) is 13.7 Å². The van der Waals surface area contributed by atoms with Gasteiger partial charge in [0, 0.05) is 34.0 Å². The molecule has 5 aromatic carbocycles. The van der Waals surface area contributed by atoms with Gasteiger partial charge < -0.3 is 21.5 Å². The molecule has 0 unspecified atom stereocenters. The van der Waals surface area contributed by atoms with Crippen LogP contribution in [0.15, 0.2) is 124 Å². The van der Waals surface area contributed by atoms with E-state index in [0.717, 1.165) is 6.07 Å². The molecule has 0 aromatic heterocycles. The van der Waals surface area contributed by atoms with Crippen molar-refractivity contribution in [1.29, 1.82) is 0 Å². The molecule has 250 valence electrons. The van der Waals surface area contributed by atoms with Crippen molar-refractivity contribution >= 4 is 58.8 Å². The highest BCUT2D eigenvalue weighted by Gasteiger charge is 2.39. The lowest BCUT2D eigenvalue weighted by molar-refractivity contribution is 0.122. The maximum Gasteiger partial charge on any atom is 0.295 e. The Bertz CT molecular complexity index is 2190. The minimum atomic E-state index is -4.88. The highest BCUT2D eigenvalue weighted by Crippen LogP contribution is 2.42. The Labute approximate surface area is 277 Å². The van der Waals surface area contributed by atoms with E-state index in [0.29, 0.717) is 28.3 Å². The van der Waals surface area contributed by atoms with Crippen LogP contribution in [0, 0.1) is 6.92 Å². The van der Waals surface area contributed by atoms with Crippen molar-refractivity contribution in [3.05, 3.63) is 131 Å². The molecule has 8 N–H and O–H groups in total. The Kier molecular flexibility index (Phi) is 9.11. The summed E-state index contributed by atoms with van der Waals surface area (Å²) in [7, 11) is -13.6. The van der Waals surface area contributed by atoms with Crippen LogP contribution in [-0.4, -0.2) is 44.0 Å². The minimum absolute atomic E-state index is 0.0767. The largest absolute Gasteiger partial charge is 0.398 e. The number of hydrogen-bond donors (Lipinski definition) is 7. The molecule has 0 fully saturated rings. The maximum absolute atomic E-state index is 12.6. The maximum atomic E-state index is 12.6. The zero-order valence-corrected chi connectivity index (χ0v) is 27.4. The molecule has 16 heteroatoms. The van der Waals surface area contributed by atoms with Gasteiger partial charge in [-0.1, -0.05) is 24.3 Å². The molecule has 0 saturated carbocycles. The number of rotatable bonds is 10. The molecule has 5 aromatic rings. The second-order valence-corrected chi connectivity index (χ2v) is 15.0. The Morgan fingerprint density at radius 1 is 0.542 bits per heavy atom. The summed E-state index contributed by atoms with van der Waals surface area (Å²) in [5.74, 6) is 0. The average molecular weight is 712 g/mol. The van der Waals surface area contributed by atoms with Gasteiger partial charge in [0.2, 0.25) is 0 Å². The van der Waals surface area contributed by atoms with Crippen molar-refractivity contribution in [3.63, 3.8) is 0 Å². The van der Waals surface area contributed by atoms with Gasteiger partial charge in [-0.05, 0) is 109 Å². The second kappa shape index (κ2) is 12.7. The van der Waals surface area contributed by atoms with Gasteiger partial charge in [0.1, 0.15) is 10.5 Å². The Hall–Kier alpha value is -4.81. The van der Waals surface area contributed by atoms with Crippen molar-refractivity contribution in [1.82, 2.24) is 0 Å². The van der Waals surface area contributed by atoms with Gasteiger partial charge in [-0.15, -0.1) is 0 Å². The molecule has 5 rings (SSSR count). The summed E-state index contributed by atoms with van der Waals surface area (Å²) in [4.78, 5) is -1.16. The van der Waals surface area contributed by atoms with E-state index in [1.165, 1.54) is 78.9 Å². The van der Waals surface area contributed by atoms with Crippen molar-refractivity contribution in [2.75, 3.05) is 16.4 Å². The molecule has 0 bridgehead atoms. The van der Waals surface area contributed by atoms with Gasteiger partial charge >= 0.3 is 0 Å². The van der Waals surface area contributed by atoms with E-state index in [1.54, 1.807) is 31.2 Å². The third-order valence-corrected chi connectivity index (χ3v) is 10.2. The average Bonchev–Trinajstić information content (AvgIpc) is 3.02. The topological polar surface area (TPSA) is 233 Å². The zero-order valence-electron chi connectivity index (χ0n) is 24.9. The van der Waals surface area contributed by atoms with E-state index >= 15 is 0 Å². The van der Waals surface area contributed by atoms with Crippen LogP contribution in [0.2, 0.25) is 0 Å². The van der Waals surface area contributed by atoms with Gasteiger partial charge in [0.15, 0.2) is 0 Å². The second-order valence-electron chi connectivity index (χ2n) is 10.8. The number of benzene rings is 5. The monoisotopic (exact) mass is 711 g/mol. The summed E-state index contributed by atoms with van der Waals surface area (Å²) in [6.07, 6.45) is 0. The summed E-state index contributed by atoms with van der Waals surface area (Å²) in [6, 6.07) is 25.7. The van der Waals surface area contributed by atoms with Crippen molar-refractivity contribution < 1.29 is 44.0 Å². The minimum Gasteiger partial charge on any atom is -0.398 e. The summed E-state index contributed by atoms with van der Waals surface area (Å²) in [5.41, 5.74) is 6.62. The van der Waals surface area contributed by atoms with Crippen LogP contribution in [-0.2, 0) is 36.0 Å². The van der Waals surface area contributed by atoms with Crippen molar-refractivity contribution in [3.8, 4) is 0 Å². The fourth-order valence-corrected chi connectivity index (χ4v) is 6.74. The first kappa shape index (κ1) is 34.5. The molecule has 13 nitrogen and oxygen atoms in total. The third-order valence-electron chi connectivity index (χ3n) is 7.52. The standard InChI is InChI=1S/C32H29N3O10S3/c1-20-18-29(31(19-30(20)33)48(43,44)45)32(36,21-2-6-23(7-3-21)34-25-10-14-27(15-11-25)46(37,38)39)22-4-8-24(9-5-22)35-26-12-16-28(17-13-26)47(40,41)42/h2-19,34-36H,33H2,1H3,(H,37,38,39)(H,40,41,42)(H,43,44,45). The summed E-state index contributed by atoms with van der Waals surface area (Å²) in [6.45, 7) is 1.62. The van der Waals surface area contributed by atoms with Crippen LogP contribution in [0.4, 0.5) is 28.4 Å². The van der Waals surface area contributed by atoms with E-state index in [-0.39, 0.29) is 32.2 Å². The van der Waals surface area contributed by atoms with Crippen LogP contribution in [0.3, 0.4) is 0 Å². The molecule has 0 aliphatic heterocycles. The van der Waals surface area contributed by atoms with E-state index in [4.69, 9.17) is 5.73 Å². The van der Waals surface area contributed by atoms with Gasteiger partial charge in [0.05, 0.1) is 9.79 Å². The van der Waals surface area contributed by atoms with Crippen LogP contribution in [0.5, 0.6) is 0 Å². The number of aryl methyl sites for hydroxylation is 1. The highest BCUT2D eigenvalue weighted by atomic mass is 32.2. The van der Waals surface area contributed by atoms with Crippen LogP contribution in [0.25, 0.3) is 0 Å². The summed E-state index contributed by atoms with van der Waals surface area (Å²) < 4.78 is 99.2. The Balaban J connectivity index is 1.55. The normalized spacial score (nSPS) is 12.4. The van der Waals surface area contributed by atoms with Crippen LogP contribution >= 0.6 is 0 Å². The number of nitrogens with one attached hydrogen (secondary N) is 2. The molecule has 0 atom stereocenters. The predicted octanol–water partition coefficient (Wildman–Crippen LogP) is 5.09. The summed E-state index contributed by atoms with van der Waals surface area (Å²) in [5, 5.41) is 18.7. The lowest BCUT2D eigenvalue weighted by Gasteiger charge is -2.32. The third kappa shape index (κ3) is 7.34. The Morgan fingerprint density at radius 2 is 0.875 bits per heavy atom. The van der Waals surface area contributed by atoms with Crippen molar-refractivity contribution in [2.45, 2.75) is 27.2 Å². The molecule has 0 spiro atoms. The molecular formula is C32H29N3O10S3. The predicted molar refractivity (Wildman–Crippen MR) is 179 cm³/mol. The van der Waals surface area contributed by atoms with E-state index in [1.807, 2.05) is 0 Å². The quantitative estimate of drug-likeness (QED) is 0.0569. The van der Waals surface area contributed by atoms with Gasteiger partial charge in [-0.2, -0.15) is 25.3 Å². The summed E-state index contributed by atoms with van der Waals surface area (Å²) >= 11 is 0. The first-order valence-electron chi connectivity index (χ1n) is 13.9. The number of anilines is 5. The molecule has 0 saturated heterocycles. The van der Waals surface area contributed by atoms with Gasteiger partial charge in [0.25, 0.3) is 30.4 Å². The van der Waals surface area contributed by atoms with Gasteiger partial charge in [-0.25, -0.2) is 0 Å². The molecule has 48 heavy (non-hydrogen) atoms. The highest BCUT2D eigenvalue weighted by molar-refractivity contribution is 7.86.